The Kier molecular flexibility index (Phi) is 4.00. The van der Waals surface area contributed by atoms with Gasteiger partial charge in [-0.15, -0.1) is 0 Å². The van der Waals surface area contributed by atoms with Crippen molar-refractivity contribution in [3.05, 3.63) is 12.2 Å². The summed E-state index contributed by atoms with van der Waals surface area (Å²) in [5, 5.41) is 3.00. The fraction of sp³-hybridized carbons (Fsp3) is 0.727. The number of amides is 1. The summed E-state index contributed by atoms with van der Waals surface area (Å²) in [5.41, 5.74) is 0. The first-order chi connectivity index (χ1) is 6.24. The van der Waals surface area contributed by atoms with Crippen LogP contribution in [0.25, 0.3) is 0 Å². The molecule has 1 N–H and O–H groups in total. The molecular weight excluding hydrogens is 162 g/mol. The third-order valence-corrected chi connectivity index (χ3v) is 2.79. The highest BCUT2D eigenvalue weighted by Gasteiger charge is 2.21. The average molecular weight is 181 g/mol. The third kappa shape index (κ3) is 3.21. The van der Waals surface area contributed by atoms with Gasteiger partial charge in [-0.05, 0) is 38.7 Å². The van der Waals surface area contributed by atoms with Crippen LogP contribution in [0.1, 0.15) is 39.5 Å². The fourth-order valence-corrected chi connectivity index (χ4v) is 2.00. The van der Waals surface area contributed by atoms with Gasteiger partial charge in [0.25, 0.3) is 0 Å². The lowest BCUT2D eigenvalue weighted by molar-refractivity contribution is -0.117. The fourth-order valence-electron chi connectivity index (χ4n) is 2.00. The summed E-state index contributed by atoms with van der Waals surface area (Å²) in [6.45, 7) is 3.97. The Bertz CT molecular complexity index is 192. The van der Waals surface area contributed by atoms with E-state index in [-0.39, 0.29) is 5.91 Å². The van der Waals surface area contributed by atoms with Crippen LogP contribution in [0.4, 0.5) is 0 Å². The quantitative estimate of drug-likeness (QED) is 0.665. The number of hydrogen-bond donors (Lipinski definition) is 1. The van der Waals surface area contributed by atoms with E-state index in [1.807, 2.05) is 6.92 Å². The summed E-state index contributed by atoms with van der Waals surface area (Å²) >= 11 is 0. The minimum absolute atomic E-state index is 0.0434. The first kappa shape index (κ1) is 10.3. The number of hydrogen-bond acceptors (Lipinski definition) is 1. The molecule has 74 valence electrons. The summed E-state index contributed by atoms with van der Waals surface area (Å²) in [4.78, 5) is 11.2. The molecule has 1 rings (SSSR count). The molecule has 0 unspecified atom stereocenters. The monoisotopic (exact) mass is 181 g/mol. The molecule has 1 atom stereocenters. The van der Waals surface area contributed by atoms with E-state index in [4.69, 9.17) is 0 Å². The van der Waals surface area contributed by atoms with Gasteiger partial charge in [-0.25, -0.2) is 0 Å². The number of carbonyl (C=O) groups excluding carboxylic acids is 1. The van der Waals surface area contributed by atoms with Crippen LogP contribution < -0.4 is 5.32 Å². The third-order valence-electron chi connectivity index (χ3n) is 2.79. The Hall–Kier alpha value is -0.790. The molecule has 0 spiro atoms. The zero-order valence-electron chi connectivity index (χ0n) is 8.55. The predicted octanol–water partition coefficient (Wildman–Crippen LogP) is 2.26. The van der Waals surface area contributed by atoms with E-state index >= 15 is 0 Å². The van der Waals surface area contributed by atoms with Crippen LogP contribution in [0.5, 0.6) is 0 Å². The zero-order chi connectivity index (χ0) is 9.68. The predicted molar refractivity (Wildman–Crippen MR) is 54.4 cm³/mol. The van der Waals surface area contributed by atoms with Gasteiger partial charge < -0.3 is 5.32 Å². The summed E-state index contributed by atoms with van der Waals surface area (Å²) in [6, 6.07) is 0.339. The molecule has 1 amide bonds. The van der Waals surface area contributed by atoms with Crippen LogP contribution in [0.2, 0.25) is 0 Å². The van der Waals surface area contributed by atoms with E-state index in [0.29, 0.717) is 12.0 Å². The molecule has 2 heteroatoms. The molecule has 1 fully saturated rings. The molecule has 1 saturated carbocycles. The smallest absolute Gasteiger partial charge is 0.243 e. The second-order valence-electron chi connectivity index (χ2n) is 3.84. The van der Waals surface area contributed by atoms with Gasteiger partial charge >= 0.3 is 0 Å². The van der Waals surface area contributed by atoms with Crippen molar-refractivity contribution < 1.29 is 4.79 Å². The van der Waals surface area contributed by atoms with Crippen LogP contribution in [0.15, 0.2) is 12.2 Å². The molecule has 0 aromatic rings. The summed E-state index contributed by atoms with van der Waals surface area (Å²) in [7, 11) is 0. The Morgan fingerprint density at radius 2 is 2.08 bits per heavy atom. The summed E-state index contributed by atoms with van der Waals surface area (Å²) < 4.78 is 0. The molecule has 0 heterocycles. The van der Waals surface area contributed by atoms with E-state index in [2.05, 4.69) is 12.2 Å². The average Bonchev–Trinajstić information content (AvgIpc) is 2.55. The van der Waals surface area contributed by atoms with Gasteiger partial charge in [0.1, 0.15) is 0 Å². The Balaban J connectivity index is 2.30. The summed E-state index contributed by atoms with van der Waals surface area (Å²) in [5.74, 6) is 0.746. The minimum atomic E-state index is 0.0434. The molecule has 2 nitrogen and oxygen atoms in total. The maximum Gasteiger partial charge on any atom is 0.243 e. The second kappa shape index (κ2) is 5.05. The Morgan fingerprint density at radius 3 is 2.62 bits per heavy atom. The van der Waals surface area contributed by atoms with Crippen molar-refractivity contribution >= 4 is 5.91 Å². The van der Waals surface area contributed by atoms with Gasteiger partial charge in [-0.2, -0.15) is 0 Å². The lowest BCUT2D eigenvalue weighted by Crippen LogP contribution is -2.36. The highest BCUT2D eigenvalue weighted by Crippen LogP contribution is 2.27. The van der Waals surface area contributed by atoms with Crippen molar-refractivity contribution in [3.8, 4) is 0 Å². The van der Waals surface area contributed by atoms with Gasteiger partial charge in [0.15, 0.2) is 0 Å². The highest BCUT2D eigenvalue weighted by atomic mass is 16.1. The highest BCUT2D eigenvalue weighted by molar-refractivity contribution is 5.87. The molecule has 1 aliphatic rings. The number of allylic oxidation sites excluding steroid dienone is 1. The molecule has 13 heavy (non-hydrogen) atoms. The molecule has 1 aliphatic carbocycles. The van der Waals surface area contributed by atoms with Crippen molar-refractivity contribution in [2.45, 2.75) is 45.6 Å². The van der Waals surface area contributed by atoms with E-state index < -0.39 is 0 Å². The molecule has 0 radical (unpaired) electrons. The van der Waals surface area contributed by atoms with E-state index in [0.717, 1.165) is 0 Å². The van der Waals surface area contributed by atoms with Crippen LogP contribution in [-0.4, -0.2) is 11.9 Å². The number of nitrogens with one attached hydrogen (secondary N) is 1. The number of carbonyl (C=O) groups is 1. The van der Waals surface area contributed by atoms with Gasteiger partial charge in [0.05, 0.1) is 0 Å². The SMILES string of the molecule is C/C=C/C(=O)N[C@@H](C)C1CCCC1. The lowest BCUT2D eigenvalue weighted by atomic mass is 10.00. The maximum absolute atomic E-state index is 11.2. The van der Waals surface area contributed by atoms with Crippen LogP contribution in [0, 0.1) is 5.92 Å². The van der Waals surface area contributed by atoms with Crippen molar-refractivity contribution in [1.29, 1.82) is 0 Å². The molecule has 0 aliphatic heterocycles. The topological polar surface area (TPSA) is 29.1 Å². The van der Waals surface area contributed by atoms with Crippen molar-refractivity contribution in [2.75, 3.05) is 0 Å². The molecule has 0 saturated heterocycles. The summed E-state index contributed by atoms with van der Waals surface area (Å²) in [6.07, 6.45) is 8.57. The standard InChI is InChI=1S/C11H19NO/c1-3-6-11(13)12-9(2)10-7-4-5-8-10/h3,6,9-10H,4-5,7-8H2,1-2H3,(H,12,13)/b6-3+/t9-/m0/s1. The van der Waals surface area contributed by atoms with Crippen molar-refractivity contribution in [2.24, 2.45) is 5.92 Å². The minimum Gasteiger partial charge on any atom is -0.350 e. The van der Waals surface area contributed by atoms with Crippen LogP contribution in [-0.2, 0) is 4.79 Å². The maximum atomic E-state index is 11.2. The van der Waals surface area contributed by atoms with Gasteiger partial charge in [0, 0.05) is 6.04 Å². The van der Waals surface area contributed by atoms with E-state index in [1.54, 1.807) is 12.2 Å². The van der Waals surface area contributed by atoms with Crippen molar-refractivity contribution in [1.82, 2.24) is 5.32 Å². The first-order valence-corrected chi connectivity index (χ1v) is 5.17. The molecule has 0 aromatic heterocycles. The Morgan fingerprint density at radius 1 is 1.46 bits per heavy atom. The zero-order valence-corrected chi connectivity index (χ0v) is 8.55. The molecule has 0 bridgehead atoms. The van der Waals surface area contributed by atoms with Gasteiger partial charge in [-0.1, -0.05) is 18.9 Å². The normalized spacial score (nSPS) is 20.8. The van der Waals surface area contributed by atoms with E-state index in [9.17, 15) is 4.79 Å². The van der Waals surface area contributed by atoms with Gasteiger partial charge in [-0.3, -0.25) is 4.79 Å². The second-order valence-corrected chi connectivity index (χ2v) is 3.84. The number of rotatable bonds is 3. The molecular formula is C11H19NO. The lowest BCUT2D eigenvalue weighted by Gasteiger charge is -2.19. The largest absolute Gasteiger partial charge is 0.350 e. The first-order valence-electron chi connectivity index (χ1n) is 5.17. The molecule has 0 aromatic carbocycles. The van der Waals surface area contributed by atoms with Crippen molar-refractivity contribution in [3.63, 3.8) is 0 Å². The van der Waals surface area contributed by atoms with Gasteiger partial charge in [0.2, 0.25) is 5.91 Å². The Labute approximate surface area is 80.4 Å². The van der Waals surface area contributed by atoms with Crippen LogP contribution >= 0.6 is 0 Å². The van der Waals surface area contributed by atoms with Crippen LogP contribution in [0.3, 0.4) is 0 Å². The van der Waals surface area contributed by atoms with E-state index in [1.165, 1.54) is 25.7 Å².